The molecule has 1 aromatic carbocycles. The van der Waals surface area contributed by atoms with Gasteiger partial charge in [0.05, 0.1) is 35.1 Å². The maximum absolute atomic E-state index is 9.72. The van der Waals surface area contributed by atoms with Crippen molar-refractivity contribution in [1.82, 2.24) is 24.6 Å². The zero-order chi connectivity index (χ0) is 15.8. The first-order chi connectivity index (χ1) is 11.2. The fourth-order valence-corrected chi connectivity index (χ4v) is 3.18. The van der Waals surface area contributed by atoms with Crippen LogP contribution in [-0.2, 0) is 19.6 Å². The number of aromatic amines is 1. The van der Waals surface area contributed by atoms with Gasteiger partial charge >= 0.3 is 0 Å². The number of hydrogen-bond acceptors (Lipinski definition) is 4. The van der Waals surface area contributed by atoms with Crippen LogP contribution in [0.3, 0.4) is 0 Å². The molecule has 0 radical (unpaired) electrons. The summed E-state index contributed by atoms with van der Waals surface area (Å²) < 4.78 is 2.03. The fourth-order valence-electron chi connectivity index (χ4n) is 3.18. The second-order valence-electron chi connectivity index (χ2n) is 6.22. The van der Waals surface area contributed by atoms with E-state index in [1.165, 1.54) is 0 Å². The minimum atomic E-state index is -0.516. The van der Waals surface area contributed by atoms with Crippen molar-refractivity contribution in [2.75, 3.05) is 6.54 Å². The van der Waals surface area contributed by atoms with E-state index in [0.29, 0.717) is 0 Å². The Hall–Kier alpha value is -2.18. The van der Waals surface area contributed by atoms with Gasteiger partial charge in [-0.2, -0.15) is 5.10 Å². The average molecular weight is 311 g/mol. The van der Waals surface area contributed by atoms with E-state index in [9.17, 15) is 5.11 Å². The van der Waals surface area contributed by atoms with Gasteiger partial charge in [-0.3, -0.25) is 9.58 Å². The first-order valence-corrected chi connectivity index (χ1v) is 8.10. The standard InChI is InChI=1S/C17H21N5O/c1-12(23)16-9-13-10-21(7-4-8-22(13)20-16)11-17-18-14-5-2-3-6-15(14)19-17/h2-3,5-6,9,12,23H,4,7-8,10-11H2,1H3,(H,18,19). The van der Waals surface area contributed by atoms with Gasteiger partial charge in [-0.15, -0.1) is 0 Å². The molecule has 3 heterocycles. The molecule has 23 heavy (non-hydrogen) atoms. The lowest BCUT2D eigenvalue weighted by Gasteiger charge is -2.17. The molecule has 0 fully saturated rings. The lowest BCUT2D eigenvalue weighted by molar-refractivity contribution is 0.193. The fraction of sp³-hybridized carbons (Fsp3) is 0.412. The Bertz CT molecular complexity index is 786. The molecule has 0 spiro atoms. The number of aromatic nitrogens is 4. The highest BCUT2D eigenvalue weighted by Crippen LogP contribution is 2.19. The van der Waals surface area contributed by atoms with Crippen LogP contribution in [0.15, 0.2) is 30.3 Å². The van der Waals surface area contributed by atoms with E-state index in [4.69, 9.17) is 0 Å². The van der Waals surface area contributed by atoms with Crippen molar-refractivity contribution in [3.8, 4) is 0 Å². The van der Waals surface area contributed by atoms with E-state index in [0.717, 1.165) is 60.8 Å². The van der Waals surface area contributed by atoms with Crippen LogP contribution < -0.4 is 0 Å². The van der Waals surface area contributed by atoms with Gasteiger partial charge in [0.25, 0.3) is 0 Å². The van der Waals surface area contributed by atoms with Gasteiger partial charge in [0.2, 0.25) is 0 Å². The molecule has 0 saturated heterocycles. The highest BCUT2D eigenvalue weighted by Gasteiger charge is 2.19. The summed E-state index contributed by atoms with van der Waals surface area (Å²) in [6.45, 7) is 5.30. The second kappa shape index (κ2) is 5.79. The SMILES string of the molecule is CC(O)c1cc2n(n1)CCCN(Cc1nc3ccccc3[nH]1)C2. The van der Waals surface area contributed by atoms with Crippen LogP contribution in [0.2, 0.25) is 0 Å². The van der Waals surface area contributed by atoms with Crippen molar-refractivity contribution < 1.29 is 5.11 Å². The molecule has 0 bridgehead atoms. The minimum absolute atomic E-state index is 0.516. The molecule has 0 aliphatic carbocycles. The van der Waals surface area contributed by atoms with E-state index < -0.39 is 6.10 Å². The van der Waals surface area contributed by atoms with Crippen LogP contribution in [-0.4, -0.2) is 36.3 Å². The Morgan fingerprint density at radius 2 is 2.17 bits per heavy atom. The lowest BCUT2D eigenvalue weighted by Crippen LogP contribution is -2.23. The van der Waals surface area contributed by atoms with Crippen molar-refractivity contribution in [2.24, 2.45) is 0 Å². The molecule has 1 atom stereocenters. The Kier molecular flexibility index (Phi) is 3.63. The number of para-hydroxylation sites is 2. The molecule has 2 aromatic heterocycles. The first-order valence-electron chi connectivity index (χ1n) is 8.10. The van der Waals surface area contributed by atoms with Crippen LogP contribution in [0.1, 0.15) is 36.7 Å². The molecule has 4 rings (SSSR count). The molecule has 1 aliphatic rings. The average Bonchev–Trinajstić information content (AvgIpc) is 3.06. The zero-order valence-corrected chi connectivity index (χ0v) is 13.2. The van der Waals surface area contributed by atoms with Gasteiger partial charge in [-0.1, -0.05) is 12.1 Å². The molecule has 0 amide bonds. The summed E-state index contributed by atoms with van der Waals surface area (Å²) in [6.07, 6.45) is 0.534. The number of nitrogens with zero attached hydrogens (tertiary/aromatic N) is 4. The summed E-state index contributed by atoms with van der Waals surface area (Å²) >= 11 is 0. The number of rotatable bonds is 3. The number of imidazole rings is 1. The number of nitrogens with one attached hydrogen (secondary N) is 1. The Morgan fingerprint density at radius 3 is 3.00 bits per heavy atom. The second-order valence-corrected chi connectivity index (χ2v) is 6.22. The van der Waals surface area contributed by atoms with Gasteiger partial charge in [-0.25, -0.2) is 4.98 Å². The number of benzene rings is 1. The minimum Gasteiger partial charge on any atom is -0.387 e. The van der Waals surface area contributed by atoms with Crippen LogP contribution >= 0.6 is 0 Å². The third-order valence-corrected chi connectivity index (χ3v) is 4.35. The largest absolute Gasteiger partial charge is 0.387 e. The summed E-state index contributed by atoms with van der Waals surface area (Å²) in [5, 5.41) is 14.2. The summed E-state index contributed by atoms with van der Waals surface area (Å²) in [5.74, 6) is 0.995. The highest BCUT2D eigenvalue weighted by molar-refractivity contribution is 5.74. The van der Waals surface area contributed by atoms with Gasteiger partial charge < -0.3 is 10.1 Å². The van der Waals surface area contributed by atoms with E-state index in [1.54, 1.807) is 6.92 Å². The molecular formula is C17H21N5O. The van der Waals surface area contributed by atoms with Crippen LogP contribution in [0, 0.1) is 0 Å². The molecule has 6 heteroatoms. The third kappa shape index (κ3) is 2.87. The van der Waals surface area contributed by atoms with Crippen molar-refractivity contribution in [3.05, 3.63) is 47.5 Å². The Labute approximate surface area is 134 Å². The van der Waals surface area contributed by atoms with E-state index >= 15 is 0 Å². The summed E-state index contributed by atoms with van der Waals surface area (Å²) in [4.78, 5) is 10.4. The third-order valence-electron chi connectivity index (χ3n) is 4.35. The van der Waals surface area contributed by atoms with Crippen molar-refractivity contribution >= 4 is 11.0 Å². The van der Waals surface area contributed by atoms with Crippen molar-refractivity contribution in [3.63, 3.8) is 0 Å². The Morgan fingerprint density at radius 1 is 1.30 bits per heavy atom. The molecule has 3 aromatic rings. The normalized spacial score (nSPS) is 17.1. The van der Waals surface area contributed by atoms with Gasteiger partial charge in [-0.05, 0) is 31.5 Å². The van der Waals surface area contributed by atoms with E-state index in [-0.39, 0.29) is 0 Å². The lowest BCUT2D eigenvalue weighted by atomic mass is 10.2. The molecule has 6 nitrogen and oxygen atoms in total. The maximum Gasteiger partial charge on any atom is 0.121 e. The number of H-pyrrole nitrogens is 1. The number of fused-ring (bicyclic) bond motifs is 2. The van der Waals surface area contributed by atoms with E-state index in [2.05, 4.69) is 26.0 Å². The maximum atomic E-state index is 9.72. The predicted molar refractivity (Wildman–Crippen MR) is 87.7 cm³/mol. The Balaban J connectivity index is 1.54. The van der Waals surface area contributed by atoms with Crippen LogP contribution in [0.25, 0.3) is 11.0 Å². The van der Waals surface area contributed by atoms with Crippen LogP contribution in [0.4, 0.5) is 0 Å². The first kappa shape index (κ1) is 14.4. The van der Waals surface area contributed by atoms with E-state index in [1.807, 2.05) is 28.9 Å². The van der Waals surface area contributed by atoms with Crippen molar-refractivity contribution in [2.45, 2.75) is 39.1 Å². The zero-order valence-electron chi connectivity index (χ0n) is 13.2. The van der Waals surface area contributed by atoms with Crippen LogP contribution in [0.5, 0.6) is 0 Å². The molecule has 0 saturated carbocycles. The molecule has 2 N–H and O–H groups in total. The molecule has 1 aliphatic heterocycles. The van der Waals surface area contributed by atoms with Gasteiger partial charge in [0.15, 0.2) is 0 Å². The quantitative estimate of drug-likeness (QED) is 0.778. The highest BCUT2D eigenvalue weighted by atomic mass is 16.3. The predicted octanol–water partition coefficient (Wildman–Crippen LogP) is 2.22. The number of hydrogen-bond donors (Lipinski definition) is 2. The molecule has 1 unspecified atom stereocenters. The number of aliphatic hydroxyl groups excluding tert-OH is 1. The molecule has 120 valence electrons. The smallest absolute Gasteiger partial charge is 0.121 e. The number of aryl methyl sites for hydroxylation is 1. The van der Waals surface area contributed by atoms with Crippen molar-refractivity contribution in [1.29, 1.82) is 0 Å². The topological polar surface area (TPSA) is 70.0 Å². The summed E-state index contributed by atoms with van der Waals surface area (Å²) in [6, 6.07) is 10.1. The summed E-state index contributed by atoms with van der Waals surface area (Å²) in [7, 11) is 0. The summed E-state index contributed by atoms with van der Waals surface area (Å²) in [5.41, 5.74) is 4.01. The number of aliphatic hydroxyl groups is 1. The van der Waals surface area contributed by atoms with Gasteiger partial charge in [0, 0.05) is 19.6 Å². The monoisotopic (exact) mass is 311 g/mol. The van der Waals surface area contributed by atoms with Gasteiger partial charge in [0.1, 0.15) is 5.82 Å². The molecular weight excluding hydrogens is 290 g/mol.